The normalized spacial score (nSPS) is 12.5. The van der Waals surface area contributed by atoms with E-state index in [1.807, 2.05) is 0 Å². The minimum absolute atomic E-state index is 0.109. The maximum atomic E-state index is 10.3. The zero-order valence-electron chi connectivity index (χ0n) is 7.49. The number of rotatable bonds is 4. The van der Waals surface area contributed by atoms with Crippen LogP contribution in [-0.4, -0.2) is 12.0 Å². The minimum Gasteiger partial charge on any atom is -0.496 e. The number of hydrogen-bond donors (Lipinski definition) is 1. The van der Waals surface area contributed by atoms with Crippen molar-refractivity contribution in [2.75, 3.05) is 7.11 Å². The Hall–Kier alpha value is -0.350. The van der Waals surface area contributed by atoms with Crippen molar-refractivity contribution in [1.82, 2.24) is 0 Å². The van der Waals surface area contributed by atoms with E-state index >= 15 is 0 Å². The Labute approximate surface area is 90.9 Å². The summed E-state index contributed by atoms with van der Waals surface area (Å²) in [6.07, 6.45) is 0. The molecule has 1 unspecified atom stereocenters. The van der Waals surface area contributed by atoms with Gasteiger partial charge in [0.2, 0.25) is 0 Å². The van der Waals surface area contributed by atoms with Gasteiger partial charge in [0, 0.05) is 0 Å². The summed E-state index contributed by atoms with van der Waals surface area (Å²) < 4.78 is 20.8. The molecule has 6 heteroatoms. The van der Waals surface area contributed by atoms with Gasteiger partial charge in [-0.2, -0.15) is 0 Å². The second-order valence-electron chi connectivity index (χ2n) is 2.52. The number of methoxy groups -OCH3 is 1. The zero-order valence-corrected chi connectivity index (χ0v) is 10.1. The molecule has 0 amide bonds. The molecule has 0 radical (unpaired) electrons. The van der Waals surface area contributed by atoms with Crippen molar-refractivity contribution in [2.24, 2.45) is 0 Å². The van der Waals surface area contributed by atoms with E-state index in [2.05, 4.69) is 20.5 Å². The second-order valence-corrected chi connectivity index (χ2v) is 4.20. The molecule has 4 nitrogen and oxygen atoms in total. The van der Waals surface area contributed by atoms with Crippen molar-refractivity contribution < 1.29 is 18.7 Å². The first-order chi connectivity index (χ1) is 6.63. The summed E-state index contributed by atoms with van der Waals surface area (Å²) in [7, 11) is -1.31. The van der Waals surface area contributed by atoms with Crippen LogP contribution >= 0.6 is 24.2 Å². The van der Waals surface area contributed by atoms with Gasteiger partial charge < -0.3 is 14.2 Å². The molecule has 1 rings (SSSR count). The van der Waals surface area contributed by atoms with Crippen LogP contribution in [0.5, 0.6) is 5.75 Å². The van der Waals surface area contributed by atoms with E-state index in [0.29, 0.717) is 5.75 Å². The summed E-state index contributed by atoms with van der Waals surface area (Å²) >= 11 is 3.30. The van der Waals surface area contributed by atoms with E-state index in [1.54, 1.807) is 25.3 Å². The summed E-state index contributed by atoms with van der Waals surface area (Å²) in [5.41, 5.74) is 0.789. The third kappa shape index (κ3) is 3.42. The monoisotopic (exact) mass is 280 g/mol. The molecule has 14 heavy (non-hydrogen) atoms. The van der Waals surface area contributed by atoms with Crippen molar-refractivity contribution >= 4 is 24.2 Å². The lowest BCUT2D eigenvalue weighted by atomic mass is 10.2. The number of benzene rings is 1. The van der Waals surface area contributed by atoms with Gasteiger partial charge in [0.25, 0.3) is 0 Å². The summed E-state index contributed by atoms with van der Waals surface area (Å²) in [5.74, 6) is 0.670. The summed E-state index contributed by atoms with van der Waals surface area (Å²) in [6, 6.07) is 5.33. The van der Waals surface area contributed by atoms with Crippen LogP contribution in [-0.2, 0) is 15.7 Å². The molecule has 0 aromatic heterocycles. The van der Waals surface area contributed by atoms with E-state index in [1.165, 1.54) is 0 Å². The summed E-state index contributed by atoms with van der Waals surface area (Å²) in [6.45, 7) is 0.109. The van der Waals surface area contributed by atoms with Crippen LogP contribution in [0.25, 0.3) is 0 Å². The molecule has 0 saturated heterocycles. The topological polar surface area (TPSA) is 55.8 Å². The van der Waals surface area contributed by atoms with Crippen LogP contribution in [0, 0.1) is 0 Å². The van der Waals surface area contributed by atoms with Crippen molar-refractivity contribution in [3.05, 3.63) is 28.2 Å². The highest BCUT2D eigenvalue weighted by molar-refractivity contribution is 9.10. The van der Waals surface area contributed by atoms with Crippen molar-refractivity contribution in [1.29, 1.82) is 0 Å². The smallest absolute Gasteiger partial charge is 0.316 e. The molecule has 0 bridgehead atoms. The number of ether oxygens (including phenoxy) is 1. The lowest BCUT2D eigenvalue weighted by molar-refractivity contribution is 0.272. The van der Waals surface area contributed by atoms with Crippen molar-refractivity contribution in [2.45, 2.75) is 6.61 Å². The maximum Gasteiger partial charge on any atom is 0.316 e. The third-order valence-electron chi connectivity index (χ3n) is 1.58. The Bertz CT molecular complexity index is 342. The molecule has 1 N–H and O–H groups in total. The molecule has 1 atom stereocenters. The average Bonchev–Trinajstić information content (AvgIpc) is 2.16. The van der Waals surface area contributed by atoms with Crippen LogP contribution in [0.1, 0.15) is 5.56 Å². The van der Waals surface area contributed by atoms with Gasteiger partial charge in [0.1, 0.15) is 5.75 Å². The number of halogens is 1. The van der Waals surface area contributed by atoms with Gasteiger partial charge in [-0.15, -0.1) is 0 Å². The molecule has 0 aliphatic heterocycles. The Morgan fingerprint density at radius 2 is 2.29 bits per heavy atom. The Morgan fingerprint density at radius 3 is 2.86 bits per heavy atom. The van der Waals surface area contributed by atoms with Gasteiger partial charge in [0.15, 0.2) is 0 Å². The van der Waals surface area contributed by atoms with E-state index in [4.69, 9.17) is 9.63 Å². The van der Waals surface area contributed by atoms with Gasteiger partial charge in [-0.25, -0.2) is 0 Å². The summed E-state index contributed by atoms with van der Waals surface area (Å²) in [5, 5.41) is 0. The molecule has 0 aliphatic rings. The highest BCUT2D eigenvalue weighted by atomic mass is 79.9. The van der Waals surface area contributed by atoms with Gasteiger partial charge in [-0.05, 0) is 33.6 Å². The standard InChI is InChI=1S/C8H10BrO4P/c1-12-8-4-6(2-3-7(8)9)5-13-14(10)11/h2-4,14H,5H2,1H3,(H,10,11). The van der Waals surface area contributed by atoms with Gasteiger partial charge in [0.05, 0.1) is 18.2 Å². The molecule has 0 fully saturated rings. The Balaban J connectivity index is 2.74. The molecular weight excluding hydrogens is 271 g/mol. The molecule has 0 heterocycles. The predicted octanol–water partition coefficient (Wildman–Crippen LogP) is 2.36. The molecule has 78 valence electrons. The molecule has 0 saturated carbocycles. The largest absolute Gasteiger partial charge is 0.496 e. The molecule has 0 aliphatic carbocycles. The fourth-order valence-electron chi connectivity index (χ4n) is 0.939. The Morgan fingerprint density at radius 1 is 1.57 bits per heavy atom. The van der Waals surface area contributed by atoms with Crippen LogP contribution in [0.15, 0.2) is 22.7 Å². The first-order valence-corrected chi connectivity index (χ1v) is 5.87. The summed E-state index contributed by atoms with van der Waals surface area (Å²) in [4.78, 5) is 8.48. The van der Waals surface area contributed by atoms with Crippen LogP contribution < -0.4 is 4.74 Å². The molecule has 1 aromatic rings. The minimum atomic E-state index is -2.86. The van der Waals surface area contributed by atoms with E-state index in [9.17, 15) is 4.57 Å². The Kier molecular flexibility index (Phi) is 4.62. The first-order valence-electron chi connectivity index (χ1n) is 3.81. The maximum absolute atomic E-state index is 10.3. The van der Waals surface area contributed by atoms with Crippen molar-refractivity contribution in [3.63, 3.8) is 0 Å². The molecule has 1 aromatic carbocycles. The van der Waals surface area contributed by atoms with Crippen LogP contribution in [0.4, 0.5) is 0 Å². The molecule has 0 spiro atoms. The molecular formula is C8H10BrO4P. The highest BCUT2D eigenvalue weighted by Gasteiger charge is 2.02. The van der Waals surface area contributed by atoms with E-state index in [-0.39, 0.29) is 6.61 Å². The lowest BCUT2D eigenvalue weighted by Gasteiger charge is -2.05. The highest BCUT2D eigenvalue weighted by Crippen LogP contribution is 2.27. The second kappa shape index (κ2) is 5.51. The van der Waals surface area contributed by atoms with Crippen LogP contribution in [0.3, 0.4) is 0 Å². The lowest BCUT2D eigenvalue weighted by Crippen LogP contribution is -1.89. The van der Waals surface area contributed by atoms with Gasteiger partial charge in [-0.1, -0.05) is 6.07 Å². The average molecular weight is 281 g/mol. The van der Waals surface area contributed by atoms with Gasteiger partial charge in [-0.3, -0.25) is 4.57 Å². The first kappa shape index (κ1) is 11.7. The fraction of sp³-hybridized carbons (Fsp3) is 0.250. The van der Waals surface area contributed by atoms with E-state index in [0.717, 1.165) is 10.0 Å². The number of hydrogen-bond acceptors (Lipinski definition) is 3. The quantitative estimate of drug-likeness (QED) is 0.861. The van der Waals surface area contributed by atoms with Crippen molar-refractivity contribution in [3.8, 4) is 5.75 Å². The third-order valence-corrected chi connectivity index (χ3v) is 2.62. The predicted molar refractivity (Wildman–Crippen MR) is 56.7 cm³/mol. The fourth-order valence-corrected chi connectivity index (χ4v) is 1.64. The van der Waals surface area contributed by atoms with Crippen LogP contribution in [0.2, 0.25) is 0 Å². The zero-order chi connectivity index (χ0) is 10.6. The SMILES string of the molecule is COc1cc(CO[PH](=O)O)ccc1Br. The van der Waals surface area contributed by atoms with E-state index < -0.39 is 8.25 Å². The van der Waals surface area contributed by atoms with Gasteiger partial charge >= 0.3 is 8.25 Å².